The van der Waals surface area contributed by atoms with E-state index in [-0.39, 0.29) is 0 Å². The van der Waals surface area contributed by atoms with Gasteiger partial charge in [-0.05, 0) is 13.3 Å². The van der Waals surface area contributed by atoms with Gasteiger partial charge in [0.2, 0.25) is 9.05 Å². The number of halogens is 1. The van der Waals surface area contributed by atoms with E-state index in [4.69, 9.17) is 10.7 Å². The maximum Gasteiger partial charge on any atom is 0.235 e. The van der Waals surface area contributed by atoms with Crippen LogP contribution in [0.3, 0.4) is 0 Å². The van der Waals surface area contributed by atoms with E-state index in [1.54, 1.807) is 6.92 Å². The third-order valence-electron chi connectivity index (χ3n) is 1.94. The maximum absolute atomic E-state index is 10.8. The van der Waals surface area contributed by atoms with Crippen molar-refractivity contribution < 1.29 is 8.42 Å². The van der Waals surface area contributed by atoms with Crippen LogP contribution in [-0.4, -0.2) is 13.7 Å². The Morgan fingerprint density at radius 2 is 1.83 bits per heavy atom. The van der Waals surface area contributed by atoms with Gasteiger partial charge < -0.3 is 0 Å². The summed E-state index contributed by atoms with van der Waals surface area (Å²) in [5.41, 5.74) is 0. The average Bonchev–Trinajstić information content (AvgIpc) is 1.96. The van der Waals surface area contributed by atoms with Crippen LogP contribution in [0.2, 0.25) is 0 Å². The molecule has 4 heteroatoms. The van der Waals surface area contributed by atoms with E-state index >= 15 is 0 Å². The Kier molecular flexibility index (Phi) is 5.93. The normalized spacial score (nSPS) is 14.6. The Labute approximate surface area is 79.7 Å². The molecule has 0 aromatic carbocycles. The molecule has 0 rings (SSSR count). The van der Waals surface area contributed by atoms with Gasteiger partial charge in [-0.3, -0.25) is 0 Å². The lowest BCUT2D eigenvalue weighted by Gasteiger charge is -2.05. The molecule has 0 fully saturated rings. The molecule has 74 valence electrons. The third kappa shape index (κ3) is 5.84. The van der Waals surface area contributed by atoms with Crippen LogP contribution in [0.4, 0.5) is 0 Å². The van der Waals surface area contributed by atoms with Gasteiger partial charge in [0.05, 0.1) is 5.25 Å². The van der Waals surface area contributed by atoms with Gasteiger partial charge >= 0.3 is 0 Å². The van der Waals surface area contributed by atoms with E-state index in [2.05, 4.69) is 6.92 Å². The third-order valence-corrected chi connectivity index (χ3v) is 4.05. The molecule has 0 aromatic heterocycles. The highest BCUT2D eigenvalue weighted by Gasteiger charge is 2.16. The van der Waals surface area contributed by atoms with Crippen molar-refractivity contribution in [1.82, 2.24) is 0 Å². The zero-order valence-electron chi connectivity index (χ0n) is 7.72. The second-order valence-corrected chi connectivity index (χ2v) is 6.18. The highest BCUT2D eigenvalue weighted by atomic mass is 35.7. The van der Waals surface area contributed by atoms with Crippen LogP contribution in [-0.2, 0) is 9.05 Å². The Balaban J connectivity index is 3.52. The summed E-state index contributed by atoms with van der Waals surface area (Å²) in [6, 6.07) is 0. The predicted octanol–water partition coefficient (Wildman–Crippen LogP) is 2.91. The minimum atomic E-state index is -3.32. The molecule has 0 spiro atoms. The first-order valence-electron chi connectivity index (χ1n) is 4.42. The minimum Gasteiger partial charge on any atom is -0.212 e. The molecule has 1 atom stereocenters. The van der Waals surface area contributed by atoms with Crippen molar-refractivity contribution in [3.05, 3.63) is 0 Å². The van der Waals surface area contributed by atoms with Crippen molar-refractivity contribution in [2.75, 3.05) is 0 Å². The number of hydrogen-bond acceptors (Lipinski definition) is 2. The van der Waals surface area contributed by atoms with Crippen LogP contribution >= 0.6 is 10.7 Å². The molecule has 0 radical (unpaired) electrons. The van der Waals surface area contributed by atoms with Crippen LogP contribution in [0.15, 0.2) is 0 Å². The fourth-order valence-electron chi connectivity index (χ4n) is 0.999. The molecule has 0 saturated heterocycles. The molecule has 0 aliphatic carbocycles. The summed E-state index contributed by atoms with van der Waals surface area (Å²) in [6.07, 6.45) is 5.09. The summed E-state index contributed by atoms with van der Waals surface area (Å²) in [5, 5.41) is -0.393. The fraction of sp³-hybridized carbons (Fsp3) is 1.00. The molecule has 12 heavy (non-hydrogen) atoms. The highest BCUT2D eigenvalue weighted by Crippen LogP contribution is 2.14. The first-order chi connectivity index (χ1) is 5.48. The lowest BCUT2D eigenvalue weighted by atomic mass is 10.1. The van der Waals surface area contributed by atoms with Gasteiger partial charge in [-0.25, -0.2) is 8.42 Å². The summed E-state index contributed by atoms with van der Waals surface area (Å²) in [5.74, 6) is 0. The summed E-state index contributed by atoms with van der Waals surface area (Å²) in [7, 11) is 1.85. The highest BCUT2D eigenvalue weighted by molar-refractivity contribution is 8.14. The first-order valence-corrected chi connectivity index (χ1v) is 6.79. The van der Waals surface area contributed by atoms with Gasteiger partial charge in [0.1, 0.15) is 0 Å². The van der Waals surface area contributed by atoms with E-state index in [0.29, 0.717) is 6.42 Å². The Morgan fingerprint density at radius 1 is 1.25 bits per heavy atom. The first kappa shape index (κ1) is 12.2. The van der Waals surface area contributed by atoms with Gasteiger partial charge in [0.15, 0.2) is 0 Å². The lowest BCUT2D eigenvalue weighted by molar-refractivity contribution is 0.575. The standard InChI is InChI=1S/C8H17ClO2S/c1-3-4-5-6-7-8(2)12(9,10)11/h8H,3-7H2,1-2H3/t8-/m0/s1. The SMILES string of the molecule is CCCCCC[C@H](C)S(=O)(=O)Cl. The van der Waals surface area contributed by atoms with Crippen molar-refractivity contribution in [2.24, 2.45) is 0 Å². The van der Waals surface area contributed by atoms with Crippen molar-refractivity contribution >= 4 is 19.7 Å². The van der Waals surface area contributed by atoms with E-state index < -0.39 is 14.3 Å². The molecule has 0 aliphatic rings. The van der Waals surface area contributed by atoms with Crippen molar-refractivity contribution in [2.45, 2.75) is 51.2 Å². The molecule has 0 bridgehead atoms. The van der Waals surface area contributed by atoms with Crippen LogP contribution in [0.1, 0.15) is 46.0 Å². The average molecular weight is 213 g/mol. The molecular formula is C8H17ClO2S. The minimum absolute atomic E-state index is 0.393. The molecule has 0 saturated carbocycles. The van der Waals surface area contributed by atoms with Gasteiger partial charge in [0.25, 0.3) is 0 Å². The van der Waals surface area contributed by atoms with E-state index in [1.807, 2.05) is 0 Å². The molecule has 0 heterocycles. The largest absolute Gasteiger partial charge is 0.235 e. The van der Waals surface area contributed by atoms with Crippen molar-refractivity contribution in [3.63, 3.8) is 0 Å². The number of unbranched alkanes of at least 4 members (excludes halogenated alkanes) is 3. The van der Waals surface area contributed by atoms with Crippen LogP contribution in [0.5, 0.6) is 0 Å². The topological polar surface area (TPSA) is 34.1 Å². The predicted molar refractivity (Wildman–Crippen MR) is 53.0 cm³/mol. The zero-order valence-corrected chi connectivity index (χ0v) is 9.29. The summed E-state index contributed by atoms with van der Waals surface area (Å²) in [4.78, 5) is 0. The van der Waals surface area contributed by atoms with Crippen LogP contribution < -0.4 is 0 Å². The quantitative estimate of drug-likeness (QED) is 0.501. The second-order valence-electron chi connectivity index (χ2n) is 3.14. The Bertz CT molecular complexity index is 199. The second kappa shape index (κ2) is 5.81. The van der Waals surface area contributed by atoms with Crippen molar-refractivity contribution in [1.29, 1.82) is 0 Å². The summed E-state index contributed by atoms with van der Waals surface area (Å²) < 4.78 is 21.5. The molecule has 2 nitrogen and oxygen atoms in total. The lowest BCUT2D eigenvalue weighted by Crippen LogP contribution is -2.10. The van der Waals surface area contributed by atoms with Gasteiger partial charge in [0, 0.05) is 10.7 Å². The summed E-state index contributed by atoms with van der Waals surface area (Å²) in [6.45, 7) is 3.79. The van der Waals surface area contributed by atoms with E-state index in [0.717, 1.165) is 12.8 Å². The maximum atomic E-state index is 10.8. The summed E-state index contributed by atoms with van der Waals surface area (Å²) >= 11 is 0. The van der Waals surface area contributed by atoms with E-state index in [1.165, 1.54) is 12.8 Å². The fourth-order valence-corrected chi connectivity index (χ4v) is 1.71. The van der Waals surface area contributed by atoms with Gasteiger partial charge in [-0.2, -0.15) is 0 Å². The van der Waals surface area contributed by atoms with Crippen LogP contribution in [0.25, 0.3) is 0 Å². The smallest absolute Gasteiger partial charge is 0.212 e. The Hall–Kier alpha value is 0.240. The van der Waals surface area contributed by atoms with Crippen LogP contribution in [0, 0.1) is 0 Å². The molecular weight excluding hydrogens is 196 g/mol. The monoisotopic (exact) mass is 212 g/mol. The molecule has 0 N–H and O–H groups in total. The molecule has 0 amide bonds. The van der Waals surface area contributed by atoms with Gasteiger partial charge in [-0.15, -0.1) is 0 Å². The molecule has 0 aromatic rings. The number of rotatable bonds is 6. The Morgan fingerprint density at radius 3 is 2.25 bits per heavy atom. The number of hydrogen-bond donors (Lipinski definition) is 0. The molecule has 0 unspecified atom stereocenters. The van der Waals surface area contributed by atoms with Gasteiger partial charge in [-0.1, -0.05) is 32.6 Å². The molecule has 0 aliphatic heterocycles. The van der Waals surface area contributed by atoms with E-state index in [9.17, 15) is 8.42 Å². The van der Waals surface area contributed by atoms with Crippen molar-refractivity contribution in [3.8, 4) is 0 Å². The zero-order chi connectivity index (χ0) is 9.61.